The van der Waals surface area contributed by atoms with Gasteiger partial charge in [-0.05, 0) is 35.7 Å². The van der Waals surface area contributed by atoms with Gasteiger partial charge in [-0.15, -0.1) is 21.5 Å². The van der Waals surface area contributed by atoms with Crippen molar-refractivity contribution < 1.29 is 9.90 Å². The Labute approximate surface area is 156 Å². The van der Waals surface area contributed by atoms with Crippen LogP contribution in [0.2, 0.25) is 5.02 Å². The predicted molar refractivity (Wildman–Crippen MR) is 96.0 cm³/mol. The Morgan fingerprint density at radius 3 is 2.72 bits per heavy atom. The van der Waals surface area contributed by atoms with Gasteiger partial charge in [-0.1, -0.05) is 29.4 Å². The molecule has 0 bridgehead atoms. The minimum Gasteiger partial charge on any atom is -0.550 e. The molecule has 1 aliphatic heterocycles. The number of thioether (sulfide) groups is 1. The van der Waals surface area contributed by atoms with Gasteiger partial charge in [0.15, 0.2) is 5.82 Å². The minimum atomic E-state index is -1.12. The third kappa shape index (κ3) is 3.20. The third-order valence-electron chi connectivity index (χ3n) is 3.60. The van der Waals surface area contributed by atoms with Crippen molar-refractivity contribution in [2.24, 2.45) is 5.10 Å². The van der Waals surface area contributed by atoms with E-state index in [1.807, 2.05) is 29.6 Å². The van der Waals surface area contributed by atoms with Crippen molar-refractivity contribution in [1.82, 2.24) is 14.9 Å². The number of aliphatic carboxylic acids is 1. The SMILES string of the molecule is O=C([O-])C[C@@H]1Sc2nnc(-c3ccc(Cl)cc3)n2N=C1c1cccs1. The number of rotatable bonds is 4. The topological polar surface area (TPSA) is 83.2 Å². The molecule has 0 saturated heterocycles. The third-order valence-corrected chi connectivity index (χ3v) is 5.88. The molecule has 3 heterocycles. The molecular formula is C16H10ClN4O2S2-. The van der Waals surface area contributed by atoms with Gasteiger partial charge < -0.3 is 9.90 Å². The highest BCUT2D eigenvalue weighted by Gasteiger charge is 2.29. The lowest BCUT2D eigenvalue weighted by molar-refractivity contribution is -0.305. The molecule has 0 saturated carbocycles. The number of fused-ring (bicyclic) bond motifs is 1. The highest BCUT2D eigenvalue weighted by atomic mass is 35.5. The van der Waals surface area contributed by atoms with Crippen molar-refractivity contribution in [1.29, 1.82) is 0 Å². The molecule has 0 amide bonds. The van der Waals surface area contributed by atoms with Crippen LogP contribution in [-0.4, -0.2) is 31.8 Å². The number of carboxylic acids is 1. The van der Waals surface area contributed by atoms with E-state index in [0.29, 0.717) is 21.7 Å². The van der Waals surface area contributed by atoms with Crippen molar-refractivity contribution in [2.75, 3.05) is 0 Å². The van der Waals surface area contributed by atoms with Gasteiger partial charge in [0, 0.05) is 23.0 Å². The van der Waals surface area contributed by atoms with Crippen molar-refractivity contribution in [3.63, 3.8) is 0 Å². The van der Waals surface area contributed by atoms with E-state index in [-0.39, 0.29) is 11.7 Å². The molecule has 2 aromatic heterocycles. The molecule has 0 aliphatic carbocycles. The fourth-order valence-electron chi connectivity index (χ4n) is 2.49. The maximum absolute atomic E-state index is 11.1. The number of hydrogen-bond acceptors (Lipinski definition) is 7. The molecule has 3 aromatic rings. The fraction of sp³-hybridized carbons (Fsp3) is 0.125. The average molecular weight is 390 g/mol. The summed E-state index contributed by atoms with van der Waals surface area (Å²) in [4.78, 5) is 12.0. The van der Waals surface area contributed by atoms with Crippen LogP contribution >= 0.6 is 34.7 Å². The number of carboxylic acid groups (broad SMARTS) is 1. The van der Waals surface area contributed by atoms with Crippen LogP contribution in [0, 0.1) is 0 Å². The largest absolute Gasteiger partial charge is 0.550 e. The average Bonchev–Trinajstić information content (AvgIpc) is 3.23. The molecular weight excluding hydrogens is 380 g/mol. The highest BCUT2D eigenvalue weighted by molar-refractivity contribution is 8.00. The first-order chi connectivity index (χ1) is 12.1. The summed E-state index contributed by atoms with van der Waals surface area (Å²) in [5.74, 6) is -0.534. The Morgan fingerprint density at radius 2 is 2.04 bits per heavy atom. The second kappa shape index (κ2) is 6.62. The quantitative estimate of drug-likeness (QED) is 0.684. The number of carbonyl (C=O) groups excluding carboxylic acids is 1. The molecule has 0 N–H and O–H groups in total. The van der Waals surface area contributed by atoms with Crippen molar-refractivity contribution in [3.8, 4) is 11.4 Å². The summed E-state index contributed by atoms with van der Waals surface area (Å²) in [5, 5.41) is 26.9. The van der Waals surface area contributed by atoms with Crippen molar-refractivity contribution >= 4 is 46.4 Å². The highest BCUT2D eigenvalue weighted by Crippen LogP contribution is 2.35. The molecule has 126 valence electrons. The maximum atomic E-state index is 11.1. The number of carbonyl (C=O) groups is 1. The lowest BCUT2D eigenvalue weighted by Gasteiger charge is -2.22. The number of halogens is 1. The van der Waals surface area contributed by atoms with Crippen LogP contribution in [0.25, 0.3) is 11.4 Å². The first-order valence-corrected chi connectivity index (χ1v) is 9.46. The van der Waals surface area contributed by atoms with E-state index in [0.717, 1.165) is 10.4 Å². The minimum absolute atomic E-state index is 0.134. The van der Waals surface area contributed by atoms with Crippen LogP contribution in [0.5, 0.6) is 0 Å². The molecule has 1 atom stereocenters. The molecule has 9 heteroatoms. The lowest BCUT2D eigenvalue weighted by atomic mass is 10.1. The standard InChI is InChI=1S/C16H11ClN4O2S2/c17-10-5-3-9(4-6-10)15-18-19-16-21(15)20-14(11-2-1-7-24-11)12(25-16)8-13(22)23/h1-7,12H,8H2,(H,22,23)/p-1/t12-/m0/s1. The maximum Gasteiger partial charge on any atom is 0.213 e. The van der Waals surface area contributed by atoms with E-state index < -0.39 is 5.97 Å². The first kappa shape index (κ1) is 16.3. The number of hydrogen-bond donors (Lipinski definition) is 0. The van der Waals surface area contributed by atoms with E-state index in [1.165, 1.54) is 23.1 Å². The zero-order chi connectivity index (χ0) is 17.4. The molecule has 0 fully saturated rings. The van der Waals surface area contributed by atoms with Crippen LogP contribution in [0.15, 0.2) is 52.0 Å². The van der Waals surface area contributed by atoms with Gasteiger partial charge in [0.05, 0.1) is 15.8 Å². The summed E-state index contributed by atoms with van der Waals surface area (Å²) >= 11 is 8.78. The lowest BCUT2D eigenvalue weighted by Crippen LogP contribution is -2.32. The molecule has 1 aromatic carbocycles. The monoisotopic (exact) mass is 389 g/mol. The zero-order valence-corrected chi connectivity index (χ0v) is 15.0. The van der Waals surface area contributed by atoms with Crippen LogP contribution in [0.1, 0.15) is 11.3 Å². The van der Waals surface area contributed by atoms with Gasteiger partial charge in [0.25, 0.3) is 0 Å². The summed E-state index contributed by atoms with van der Waals surface area (Å²) < 4.78 is 1.65. The Morgan fingerprint density at radius 1 is 1.24 bits per heavy atom. The van der Waals surface area contributed by atoms with Crippen LogP contribution < -0.4 is 5.11 Å². The number of nitrogens with zero attached hydrogens (tertiary/aromatic N) is 4. The van der Waals surface area contributed by atoms with E-state index in [2.05, 4.69) is 15.3 Å². The molecule has 4 rings (SSSR count). The van der Waals surface area contributed by atoms with Crippen molar-refractivity contribution in [3.05, 3.63) is 51.7 Å². The van der Waals surface area contributed by atoms with Gasteiger partial charge in [-0.2, -0.15) is 9.78 Å². The Balaban J connectivity index is 1.81. The second-order valence-electron chi connectivity index (χ2n) is 5.27. The summed E-state index contributed by atoms with van der Waals surface area (Å²) in [6.07, 6.45) is -0.134. The molecule has 6 nitrogen and oxygen atoms in total. The van der Waals surface area contributed by atoms with Gasteiger partial charge in [-0.25, -0.2) is 0 Å². The predicted octanol–water partition coefficient (Wildman–Crippen LogP) is 2.53. The van der Waals surface area contributed by atoms with Crippen LogP contribution in [-0.2, 0) is 4.79 Å². The van der Waals surface area contributed by atoms with Crippen molar-refractivity contribution in [2.45, 2.75) is 16.8 Å². The second-order valence-corrected chi connectivity index (χ2v) is 7.82. The summed E-state index contributed by atoms with van der Waals surface area (Å²) in [6, 6.07) is 11.1. The number of benzene rings is 1. The molecule has 25 heavy (non-hydrogen) atoms. The molecule has 1 aliphatic rings. The van der Waals surface area contributed by atoms with E-state index in [9.17, 15) is 9.90 Å². The van der Waals surface area contributed by atoms with Gasteiger partial charge >= 0.3 is 0 Å². The van der Waals surface area contributed by atoms with Crippen LogP contribution in [0.4, 0.5) is 0 Å². The van der Waals surface area contributed by atoms with E-state index in [4.69, 9.17) is 11.6 Å². The number of aromatic nitrogens is 3. The summed E-state index contributed by atoms with van der Waals surface area (Å²) in [7, 11) is 0. The Bertz CT molecular complexity index is 951. The van der Waals surface area contributed by atoms with Gasteiger partial charge in [-0.3, -0.25) is 0 Å². The Hall–Kier alpha value is -2.16. The van der Waals surface area contributed by atoms with E-state index >= 15 is 0 Å². The smallest absolute Gasteiger partial charge is 0.213 e. The van der Waals surface area contributed by atoms with Crippen LogP contribution in [0.3, 0.4) is 0 Å². The molecule has 0 spiro atoms. The summed E-state index contributed by atoms with van der Waals surface area (Å²) in [5.41, 5.74) is 1.52. The van der Waals surface area contributed by atoms with E-state index in [1.54, 1.807) is 16.8 Å². The van der Waals surface area contributed by atoms with Gasteiger partial charge in [0.1, 0.15) is 0 Å². The molecule has 0 unspecified atom stereocenters. The zero-order valence-electron chi connectivity index (χ0n) is 12.6. The Kier molecular flexibility index (Phi) is 4.32. The fourth-order valence-corrected chi connectivity index (χ4v) is 4.53. The van der Waals surface area contributed by atoms with Gasteiger partial charge in [0.2, 0.25) is 5.16 Å². The summed E-state index contributed by atoms with van der Waals surface area (Å²) in [6.45, 7) is 0. The normalized spacial score (nSPS) is 16.4. The number of thiophene rings is 1. The molecule has 0 radical (unpaired) electrons. The first-order valence-electron chi connectivity index (χ1n) is 7.32.